The van der Waals surface area contributed by atoms with Crippen LogP contribution in [0.4, 0.5) is 0 Å². The van der Waals surface area contributed by atoms with Gasteiger partial charge >= 0.3 is 0 Å². The van der Waals surface area contributed by atoms with Crippen molar-refractivity contribution < 1.29 is 13.7 Å². The lowest BCUT2D eigenvalue weighted by molar-refractivity contribution is -0.126. The fourth-order valence-corrected chi connectivity index (χ4v) is 1.30. The van der Waals surface area contributed by atoms with Crippen LogP contribution in [0.25, 0.3) is 0 Å². The molecular weight excluding hydrogens is 166 g/mol. The van der Waals surface area contributed by atoms with Gasteiger partial charge in [0.05, 0.1) is 6.42 Å². The predicted octanol–water partition coefficient (Wildman–Crippen LogP) is -2.62. The van der Waals surface area contributed by atoms with Gasteiger partial charge in [0, 0.05) is 0 Å². The molecule has 0 aliphatic carbocycles. The summed E-state index contributed by atoms with van der Waals surface area (Å²) in [6.07, 6.45) is -0.0160. The van der Waals surface area contributed by atoms with E-state index in [2.05, 4.69) is 4.98 Å². The van der Waals surface area contributed by atoms with Crippen LogP contribution in [0.15, 0.2) is 0 Å². The Labute approximate surface area is 64.9 Å². The van der Waals surface area contributed by atoms with E-state index in [0.29, 0.717) is 10.5 Å². The molecule has 0 heterocycles. The third-order valence-electron chi connectivity index (χ3n) is 0.823. The number of ketones is 1. The van der Waals surface area contributed by atoms with Crippen molar-refractivity contribution in [3.8, 4) is 0 Å². The van der Waals surface area contributed by atoms with Gasteiger partial charge in [-0.15, -0.1) is 0 Å². The molecule has 1 N–H and O–H groups in total. The molecule has 0 saturated heterocycles. The summed E-state index contributed by atoms with van der Waals surface area (Å²) in [7, 11) is -0.203. The van der Waals surface area contributed by atoms with Gasteiger partial charge in [0.25, 0.3) is 9.92 Å². The van der Waals surface area contributed by atoms with Gasteiger partial charge < -0.3 is 9.10 Å². The van der Waals surface area contributed by atoms with Gasteiger partial charge in [-0.05, 0) is 6.92 Å². The Morgan fingerprint density at radius 2 is 2.30 bits per heavy atom. The van der Waals surface area contributed by atoms with Crippen LogP contribution >= 0.6 is 0 Å². The fourth-order valence-electron chi connectivity index (χ4n) is 0.441. The molecule has 6 heteroatoms. The molecule has 0 rings (SSSR count). The van der Waals surface area contributed by atoms with Crippen molar-refractivity contribution in [2.75, 3.05) is 0 Å². The zero-order valence-corrected chi connectivity index (χ0v) is 9.55. The average Bonchev–Trinajstić information content (AvgIpc) is 1.82. The van der Waals surface area contributed by atoms with E-state index in [9.17, 15) is 9.59 Å². The second kappa shape index (κ2) is 5.33. The molecule has 0 aliphatic heterocycles. The van der Waals surface area contributed by atoms with Gasteiger partial charge in [0.2, 0.25) is 5.91 Å². The van der Waals surface area contributed by atoms with Gasteiger partial charge in [-0.1, -0.05) is 0 Å². The molecule has 0 aromatic carbocycles. The Hall–Kier alpha value is -0.466. The molecule has 1 amide bonds. The van der Waals surface area contributed by atoms with Crippen LogP contribution in [0.5, 0.6) is 0 Å². The van der Waals surface area contributed by atoms with Gasteiger partial charge in [-0.2, -0.15) is 0 Å². The van der Waals surface area contributed by atoms with Crippen molar-refractivity contribution in [3.63, 3.8) is 0 Å². The summed E-state index contributed by atoms with van der Waals surface area (Å²) >= 11 is 0. The minimum absolute atomic E-state index is 0.0160. The molecule has 0 bridgehead atoms. The molecule has 58 valence electrons. The highest BCUT2D eigenvalue weighted by atomic mass is 28.3. The van der Waals surface area contributed by atoms with Crippen LogP contribution in [0.3, 0.4) is 0 Å². The highest BCUT2D eigenvalue weighted by Gasteiger charge is 2.02. The first-order chi connectivity index (χ1) is 4.66. The first-order valence-electron chi connectivity index (χ1n) is 2.92. The van der Waals surface area contributed by atoms with Crippen LogP contribution in [0.2, 0.25) is 0 Å². The number of carbonyl (C=O) groups excluding carboxylic acids is 2. The third-order valence-corrected chi connectivity index (χ3v) is 2.52. The second-order valence-electron chi connectivity index (χ2n) is 1.91. The maximum atomic E-state index is 10.7. The van der Waals surface area contributed by atoms with E-state index < -0.39 is 9.92 Å². The summed E-state index contributed by atoms with van der Waals surface area (Å²) in [4.78, 5) is 23.5. The van der Waals surface area contributed by atoms with Gasteiger partial charge in [0.15, 0.2) is 0 Å². The van der Waals surface area contributed by atoms with Crippen molar-refractivity contribution in [1.82, 2.24) is 4.98 Å². The fraction of sp³-hybridized carbons (Fsp3) is 0.500. The Morgan fingerprint density at radius 3 is 2.70 bits per heavy atom. The van der Waals surface area contributed by atoms with E-state index in [1.54, 1.807) is 0 Å². The van der Waals surface area contributed by atoms with E-state index in [-0.39, 0.29) is 18.1 Å². The monoisotopic (exact) mass is 177 g/mol. The topological polar surface area (TPSA) is 55.4 Å². The SMILES string of the molecule is CC(=O)CC(=O)N[SiH2]O[SiH3]. The van der Waals surface area contributed by atoms with E-state index in [4.69, 9.17) is 4.12 Å². The van der Waals surface area contributed by atoms with Crippen molar-refractivity contribution >= 4 is 32.1 Å². The highest BCUT2D eigenvalue weighted by Crippen LogP contribution is 1.79. The largest absolute Gasteiger partial charge is 0.453 e. The molecule has 0 radical (unpaired) electrons. The smallest absolute Gasteiger partial charge is 0.255 e. The molecule has 0 unspecified atom stereocenters. The van der Waals surface area contributed by atoms with Gasteiger partial charge in [-0.25, -0.2) is 0 Å². The minimum Gasteiger partial charge on any atom is -0.453 e. The number of hydrogen-bond donors (Lipinski definition) is 1. The van der Waals surface area contributed by atoms with Crippen LogP contribution in [0.1, 0.15) is 13.3 Å². The summed E-state index contributed by atoms with van der Waals surface area (Å²) in [5, 5.41) is 0. The molecule has 4 nitrogen and oxygen atoms in total. The Kier molecular flexibility index (Phi) is 5.08. The number of nitrogens with one attached hydrogen (secondary N) is 1. The first kappa shape index (κ1) is 9.53. The van der Waals surface area contributed by atoms with E-state index in [0.717, 1.165) is 0 Å². The minimum atomic E-state index is -0.859. The van der Waals surface area contributed by atoms with E-state index >= 15 is 0 Å². The summed E-state index contributed by atoms with van der Waals surface area (Å²) in [6, 6.07) is 0. The van der Waals surface area contributed by atoms with E-state index in [1.807, 2.05) is 0 Å². The molecule has 10 heavy (non-hydrogen) atoms. The van der Waals surface area contributed by atoms with Crippen LogP contribution in [-0.2, 0) is 13.7 Å². The Bertz CT molecular complexity index is 138. The number of hydrogen-bond acceptors (Lipinski definition) is 3. The molecule has 0 fully saturated rings. The van der Waals surface area contributed by atoms with Gasteiger partial charge in [0.1, 0.15) is 16.3 Å². The molecular formula is C4H11NO3Si2. The number of Topliss-reactive ketones (excluding diaryl/α,β-unsaturated/α-hetero) is 1. The number of amides is 1. The predicted molar refractivity (Wildman–Crippen MR) is 43.0 cm³/mol. The maximum Gasteiger partial charge on any atom is 0.255 e. The van der Waals surface area contributed by atoms with Crippen LogP contribution < -0.4 is 4.98 Å². The molecule has 0 atom stereocenters. The third kappa shape index (κ3) is 5.67. The number of rotatable bonds is 4. The summed E-state index contributed by atoms with van der Waals surface area (Å²) < 4.78 is 4.83. The average molecular weight is 177 g/mol. The summed E-state index contributed by atoms with van der Waals surface area (Å²) in [5.74, 6) is -0.324. The summed E-state index contributed by atoms with van der Waals surface area (Å²) in [6.45, 7) is 1.39. The van der Waals surface area contributed by atoms with Crippen molar-refractivity contribution in [3.05, 3.63) is 0 Å². The molecule has 0 aromatic rings. The lowest BCUT2D eigenvalue weighted by Crippen LogP contribution is -2.29. The van der Waals surface area contributed by atoms with Crippen molar-refractivity contribution in [2.45, 2.75) is 13.3 Å². The molecule has 0 spiro atoms. The zero-order valence-electron chi connectivity index (χ0n) is 6.14. The molecule has 0 aliphatic rings. The molecule has 0 saturated carbocycles. The zero-order chi connectivity index (χ0) is 7.98. The van der Waals surface area contributed by atoms with E-state index in [1.165, 1.54) is 6.92 Å². The highest BCUT2D eigenvalue weighted by molar-refractivity contribution is 6.36. The lowest BCUT2D eigenvalue weighted by Gasteiger charge is -1.99. The maximum absolute atomic E-state index is 10.7. The van der Waals surface area contributed by atoms with Crippen LogP contribution in [0, 0.1) is 0 Å². The normalized spacial score (nSPS) is 10.5. The second-order valence-corrected chi connectivity index (χ2v) is 4.86. The van der Waals surface area contributed by atoms with Crippen LogP contribution in [-0.4, -0.2) is 32.1 Å². The quantitative estimate of drug-likeness (QED) is 0.378. The summed E-state index contributed by atoms with van der Waals surface area (Å²) in [5.41, 5.74) is 0. The lowest BCUT2D eigenvalue weighted by atomic mass is 10.3. The van der Waals surface area contributed by atoms with Crippen molar-refractivity contribution in [2.24, 2.45) is 0 Å². The standard InChI is InChI=1S/C4H11NO3Si2/c1-3(6)2-4(7)5-10-8-9/h2,10H2,1,9H3,(H,5,7). The van der Waals surface area contributed by atoms with Gasteiger partial charge in [-0.3, -0.25) is 9.59 Å². The van der Waals surface area contributed by atoms with Crippen molar-refractivity contribution in [1.29, 1.82) is 0 Å². The molecule has 0 aromatic heterocycles. The number of carbonyl (C=O) groups is 2. The Morgan fingerprint density at radius 1 is 1.70 bits per heavy atom. The Balaban J connectivity index is 3.35. The first-order valence-corrected chi connectivity index (χ1v) is 5.02.